The minimum Gasteiger partial charge on any atom is -0.382 e. The summed E-state index contributed by atoms with van der Waals surface area (Å²) < 4.78 is 24.1. The van der Waals surface area contributed by atoms with Gasteiger partial charge in [-0.1, -0.05) is 29.8 Å². The van der Waals surface area contributed by atoms with Crippen molar-refractivity contribution in [1.29, 1.82) is 0 Å². The van der Waals surface area contributed by atoms with Crippen LogP contribution in [0.15, 0.2) is 41.6 Å². The van der Waals surface area contributed by atoms with Gasteiger partial charge in [-0.25, -0.2) is 18.4 Å². The number of hydrogen-bond acceptors (Lipinski definition) is 6. The van der Waals surface area contributed by atoms with Gasteiger partial charge >= 0.3 is 0 Å². The minimum absolute atomic E-state index is 0.0722. The first-order chi connectivity index (χ1) is 9.50. The number of benzene rings is 1. The Labute approximate surface area is 121 Å². The first-order valence-corrected chi connectivity index (χ1v) is 7.81. The molecule has 0 bridgehead atoms. The van der Waals surface area contributed by atoms with E-state index in [1.807, 2.05) is 0 Å². The summed E-state index contributed by atoms with van der Waals surface area (Å²) >= 11 is 5.90. The largest absolute Gasteiger partial charge is 0.382 e. The second-order valence-corrected chi connectivity index (χ2v) is 6.47. The van der Waals surface area contributed by atoms with Gasteiger partial charge in [-0.15, -0.1) is 0 Å². The average Bonchev–Trinajstić information content (AvgIpc) is 2.44. The molecule has 20 heavy (non-hydrogen) atoms. The number of sulfone groups is 1. The summed E-state index contributed by atoms with van der Waals surface area (Å²) in [6.45, 7) is 0.174. The summed E-state index contributed by atoms with van der Waals surface area (Å²) in [6.07, 6.45) is 1.26. The van der Waals surface area contributed by atoms with Crippen molar-refractivity contribution in [3.8, 4) is 0 Å². The molecule has 0 amide bonds. The first-order valence-electron chi connectivity index (χ1n) is 5.78. The van der Waals surface area contributed by atoms with Crippen molar-refractivity contribution in [1.82, 2.24) is 9.97 Å². The van der Waals surface area contributed by atoms with E-state index in [9.17, 15) is 8.42 Å². The van der Waals surface area contributed by atoms with E-state index in [1.165, 1.54) is 6.33 Å². The van der Waals surface area contributed by atoms with Gasteiger partial charge in [0.15, 0.2) is 9.84 Å². The molecule has 1 aromatic heterocycles. The predicted molar refractivity (Wildman–Crippen MR) is 78.4 cm³/mol. The lowest BCUT2D eigenvalue weighted by Crippen LogP contribution is -2.17. The first kappa shape index (κ1) is 14.5. The van der Waals surface area contributed by atoms with Gasteiger partial charge in [-0.05, 0) is 12.1 Å². The summed E-state index contributed by atoms with van der Waals surface area (Å²) in [5.41, 5.74) is 5.53. The molecule has 6 nitrogen and oxygen atoms in total. The molecule has 0 spiro atoms. The Balaban J connectivity index is 2.01. The van der Waals surface area contributed by atoms with E-state index in [2.05, 4.69) is 15.3 Å². The highest BCUT2D eigenvalue weighted by atomic mass is 35.5. The number of nitrogens with zero attached hydrogens (tertiary/aromatic N) is 2. The van der Waals surface area contributed by atoms with E-state index < -0.39 is 9.84 Å². The van der Waals surface area contributed by atoms with Gasteiger partial charge in [0, 0.05) is 6.54 Å². The number of rotatable bonds is 5. The zero-order valence-corrected chi connectivity index (χ0v) is 12.0. The number of nitrogens with two attached hydrogens (primary N) is 1. The summed E-state index contributed by atoms with van der Waals surface area (Å²) in [7, 11) is -3.33. The minimum atomic E-state index is -3.33. The van der Waals surface area contributed by atoms with Gasteiger partial charge in [0.2, 0.25) is 0 Å². The van der Waals surface area contributed by atoms with Crippen LogP contribution in [0.2, 0.25) is 5.02 Å². The fourth-order valence-electron chi connectivity index (χ4n) is 1.56. The monoisotopic (exact) mass is 312 g/mol. The Morgan fingerprint density at radius 3 is 2.60 bits per heavy atom. The molecular formula is C12H13ClN4O2S. The molecule has 0 aliphatic heterocycles. The summed E-state index contributed by atoms with van der Waals surface area (Å²) in [5.74, 6) is 0.398. The molecule has 0 fully saturated rings. The van der Waals surface area contributed by atoms with Gasteiger partial charge in [-0.3, -0.25) is 0 Å². The molecule has 8 heteroatoms. The summed E-state index contributed by atoms with van der Waals surface area (Å²) in [5, 5.41) is 3.02. The molecule has 0 aliphatic rings. The lowest BCUT2D eigenvalue weighted by Gasteiger charge is -2.08. The third-order valence-corrected chi connectivity index (χ3v) is 4.69. The smallest absolute Gasteiger partial charge is 0.180 e. The quantitative estimate of drug-likeness (QED) is 0.870. The van der Waals surface area contributed by atoms with Gasteiger partial charge in [0.25, 0.3) is 0 Å². The number of halogens is 1. The molecule has 2 rings (SSSR count). The predicted octanol–water partition coefficient (Wildman–Crippen LogP) is 1.60. The van der Waals surface area contributed by atoms with Crippen LogP contribution in [0.1, 0.15) is 0 Å². The lowest BCUT2D eigenvalue weighted by molar-refractivity contribution is 0.596. The summed E-state index contributed by atoms with van der Waals surface area (Å²) in [4.78, 5) is 7.91. The van der Waals surface area contributed by atoms with E-state index >= 15 is 0 Å². The highest BCUT2D eigenvalue weighted by Gasteiger charge is 2.14. The van der Waals surface area contributed by atoms with Crippen LogP contribution in [0.3, 0.4) is 0 Å². The zero-order valence-electron chi connectivity index (χ0n) is 10.5. The molecule has 0 unspecified atom stereocenters. The number of nitrogens with one attached hydrogen (secondary N) is 1. The van der Waals surface area contributed by atoms with Gasteiger partial charge in [0.05, 0.1) is 10.6 Å². The van der Waals surface area contributed by atoms with Crippen molar-refractivity contribution in [3.63, 3.8) is 0 Å². The van der Waals surface area contributed by atoms with E-state index in [4.69, 9.17) is 17.3 Å². The normalized spacial score (nSPS) is 11.2. The highest BCUT2D eigenvalue weighted by Crippen LogP contribution is 2.23. The van der Waals surface area contributed by atoms with E-state index in [0.717, 1.165) is 0 Å². The molecule has 106 valence electrons. The van der Waals surface area contributed by atoms with Crippen LogP contribution in [0.25, 0.3) is 0 Å². The summed E-state index contributed by atoms with van der Waals surface area (Å²) in [6, 6.07) is 8.25. The van der Waals surface area contributed by atoms with Crippen LogP contribution in [0, 0.1) is 0 Å². The lowest BCUT2D eigenvalue weighted by atomic mass is 10.4. The number of hydrogen-bond donors (Lipinski definition) is 2. The van der Waals surface area contributed by atoms with Crippen molar-refractivity contribution in [2.24, 2.45) is 0 Å². The molecule has 0 saturated heterocycles. The third kappa shape index (κ3) is 3.37. The second kappa shape index (κ2) is 6.06. The molecule has 0 radical (unpaired) electrons. The Morgan fingerprint density at radius 1 is 1.20 bits per heavy atom. The van der Waals surface area contributed by atoms with E-state index in [0.29, 0.717) is 5.82 Å². The van der Waals surface area contributed by atoms with Gasteiger partial charge < -0.3 is 11.1 Å². The second-order valence-electron chi connectivity index (χ2n) is 3.98. The fraction of sp³-hybridized carbons (Fsp3) is 0.167. The van der Waals surface area contributed by atoms with Crippen molar-refractivity contribution in [2.45, 2.75) is 4.90 Å². The Bertz CT molecular complexity index is 692. The molecule has 3 N–H and O–H groups in total. The van der Waals surface area contributed by atoms with Crippen molar-refractivity contribution in [3.05, 3.63) is 41.7 Å². The Morgan fingerprint density at radius 2 is 1.90 bits per heavy atom. The highest BCUT2D eigenvalue weighted by molar-refractivity contribution is 7.91. The standard InChI is InChI=1S/C12H13ClN4O2S/c13-10-11(14)16-8-17-12(10)15-6-7-20(18,19)9-4-2-1-3-5-9/h1-5,8H,6-7H2,(H3,14,15,16,17). The number of anilines is 2. The maximum absolute atomic E-state index is 12.0. The molecule has 1 heterocycles. The van der Waals surface area contributed by atoms with Crippen molar-refractivity contribution < 1.29 is 8.42 Å². The van der Waals surface area contributed by atoms with Crippen LogP contribution < -0.4 is 11.1 Å². The molecular weight excluding hydrogens is 300 g/mol. The van der Waals surface area contributed by atoms with Crippen LogP contribution in [-0.4, -0.2) is 30.7 Å². The van der Waals surface area contributed by atoms with E-state index in [1.54, 1.807) is 30.3 Å². The molecule has 0 aliphatic carbocycles. The Hall–Kier alpha value is -1.86. The van der Waals surface area contributed by atoms with Crippen LogP contribution in [0.5, 0.6) is 0 Å². The van der Waals surface area contributed by atoms with E-state index in [-0.39, 0.29) is 28.0 Å². The average molecular weight is 313 g/mol. The molecule has 0 saturated carbocycles. The fourth-order valence-corrected chi connectivity index (χ4v) is 2.90. The van der Waals surface area contributed by atoms with Crippen molar-refractivity contribution >= 4 is 33.1 Å². The van der Waals surface area contributed by atoms with Crippen molar-refractivity contribution in [2.75, 3.05) is 23.3 Å². The number of aromatic nitrogens is 2. The molecule has 2 aromatic rings. The topological polar surface area (TPSA) is 98.0 Å². The van der Waals surface area contributed by atoms with Gasteiger partial charge in [-0.2, -0.15) is 0 Å². The SMILES string of the molecule is Nc1ncnc(NCCS(=O)(=O)c2ccccc2)c1Cl. The van der Waals surface area contributed by atoms with Crippen LogP contribution >= 0.6 is 11.6 Å². The maximum atomic E-state index is 12.0. The van der Waals surface area contributed by atoms with Crippen LogP contribution in [-0.2, 0) is 9.84 Å². The number of nitrogen functional groups attached to an aromatic ring is 1. The molecule has 0 atom stereocenters. The van der Waals surface area contributed by atoms with Gasteiger partial charge in [0.1, 0.15) is 23.0 Å². The Kier molecular flexibility index (Phi) is 4.41. The van der Waals surface area contributed by atoms with Crippen LogP contribution in [0.4, 0.5) is 11.6 Å². The molecule has 1 aromatic carbocycles. The maximum Gasteiger partial charge on any atom is 0.180 e. The third-order valence-electron chi connectivity index (χ3n) is 2.58. The zero-order chi connectivity index (χ0) is 14.6.